The molecule has 1 fully saturated rings. The van der Waals surface area contributed by atoms with Gasteiger partial charge in [0, 0.05) is 23.6 Å². The molecule has 0 saturated carbocycles. The molecule has 0 spiro atoms. The number of anilines is 1. The van der Waals surface area contributed by atoms with E-state index < -0.39 is 17.7 Å². The third-order valence-corrected chi connectivity index (χ3v) is 5.42. The maximum absolute atomic E-state index is 13.2. The van der Waals surface area contributed by atoms with Gasteiger partial charge in [-0.15, -0.1) is 0 Å². The minimum atomic E-state index is -0.782. The van der Waals surface area contributed by atoms with E-state index in [1.807, 2.05) is 32.0 Å². The van der Waals surface area contributed by atoms with Crippen molar-refractivity contribution < 1.29 is 19.4 Å². The van der Waals surface area contributed by atoms with E-state index in [0.29, 0.717) is 22.6 Å². The smallest absolute Gasteiger partial charge is 0.300 e. The van der Waals surface area contributed by atoms with Crippen molar-refractivity contribution in [2.24, 2.45) is 0 Å². The number of aryl methyl sites for hydroxylation is 2. The van der Waals surface area contributed by atoms with E-state index in [1.54, 1.807) is 48.8 Å². The summed E-state index contributed by atoms with van der Waals surface area (Å²) in [5.74, 6) is -1.13. The lowest BCUT2D eigenvalue weighted by Gasteiger charge is -2.27. The first kappa shape index (κ1) is 20.3. The molecule has 1 atom stereocenters. The number of hydrogen-bond acceptors (Lipinski definition) is 5. The van der Waals surface area contributed by atoms with Gasteiger partial charge in [-0.1, -0.05) is 29.8 Å². The number of aliphatic hydroxyl groups excluding tert-OH is 1. The molecule has 6 nitrogen and oxygen atoms in total. The SMILES string of the molecule is COc1cccc(/C(O)=C2\C(=O)C(=O)N(c3ccc(C)cc3C)C2c2ccncc2)c1. The molecule has 156 valence electrons. The fraction of sp³-hybridized carbons (Fsp3) is 0.160. The highest BCUT2D eigenvalue weighted by atomic mass is 16.5. The summed E-state index contributed by atoms with van der Waals surface area (Å²) in [7, 11) is 1.52. The third-order valence-electron chi connectivity index (χ3n) is 5.42. The second-order valence-corrected chi connectivity index (χ2v) is 7.47. The molecule has 2 heterocycles. The number of ether oxygens (including phenoxy) is 1. The normalized spacial score (nSPS) is 17.8. The number of pyridine rings is 1. The van der Waals surface area contributed by atoms with Crippen molar-refractivity contribution in [2.75, 3.05) is 12.0 Å². The van der Waals surface area contributed by atoms with Crippen LogP contribution in [-0.2, 0) is 9.59 Å². The number of hydrogen-bond donors (Lipinski definition) is 1. The molecule has 1 amide bonds. The molecule has 1 saturated heterocycles. The molecule has 6 heteroatoms. The second kappa shape index (κ2) is 8.07. The zero-order valence-corrected chi connectivity index (χ0v) is 17.5. The van der Waals surface area contributed by atoms with E-state index >= 15 is 0 Å². The monoisotopic (exact) mass is 414 g/mol. The number of carbonyl (C=O) groups excluding carboxylic acids is 2. The van der Waals surface area contributed by atoms with Crippen molar-refractivity contribution in [1.29, 1.82) is 0 Å². The molecular weight excluding hydrogens is 392 g/mol. The first-order valence-electron chi connectivity index (χ1n) is 9.85. The second-order valence-electron chi connectivity index (χ2n) is 7.47. The van der Waals surface area contributed by atoms with Crippen molar-refractivity contribution >= 4 is 23.1 Å². The summed E-state index contributed by atoms with van der Waals surface area (Å²) < 4.78 is 5.24. The summed E-state index contributed by atoms with van der Waals surface area (Å²) in [5, 5.41) is 11.1. The maximum atomic E-state index is 13.2. The van der Waals surface area contributed by atoms with Crippen LogP contribution in [0.3, 0.4) is 0 Å². The highest BCUT2D eigenvalue weighted by Gasteiger charge is 2.47. The summed E-state index contributed by atoms with van der Waals surface area (Å²) in [5.41, 5.74) is 3.65. The number of benzene rings is 2. The van der Waals surface area contributed by atoms with Crippen LogP contribution in [0.25, 0.3) is 5.76 Å². The van der Waals surface area contributed by atoms with Gasteiger partial charge in [-0.05, 0) is 55.3 Å². The number of Topliss-reactive ketones (excluding diaryl/α,β-unsaturated/α-hetero) is 1. The summed E-state index contributed by atoms with van der Waals surface area (Å²) in [6, 6.07) is 15.1. The van der Waals surface area contributed by atoms with Crippen LogP contribution in [0.5, 0.6) is 5.75 Å². The molecule has 1 aliphatic rings. The average molecular weight is 414 g/mol. The molecule has 2 aromatic carbocycles. The van der Waals surface area contributed by atoms with Crippen LogP contribution >= 0.6 is 0 Å². The number of amides is 1. The van der Waals surface area contributed by atoms with E-state index in [1.165, 1.54) is 12.0 Å². The largest absolute Gasteiger partial charge is 0.507 e. The minimum Gasteiger partial charge on any atom is -0.507 e. The summed E-state index contributed by atoms with van der Waals surface area (Å²) >= 11 is 0. The predicted molar refractivity (Wildman–Crippen MR) is 118 cm³/mol. The minimum absolute atomic E-state index is 0.0319. The number of nitrogens with zero attached hydrogens (tertiary/aromatic N) is 2. The van der Waals surface area contributed by atoms with Crippen LogP contribution in [0.1, 0.15) is 28.3 Å². The van der Waals surface area contributed by atoms with Crippen molar-refractivity contribution in [3.05, 3.63) is 94.8 Å². The molecule has 1 aromatic heterocycles. The molecule has 1 aliphatic heterocycles. The lowest BCUT2D eigenvalue weighted by molar-refractivity contribution is -0.132. The van der Waals surface area contributed by atoms with Crippen LogP contribution in [0.15, 0.2) is 72.6 Å². The van der Waals surface area contributed by atoms with Gasteiger partial charge in [0.15, 0.2) is 0 Å². The van der Waals surface area contributed by atoms with Gasteiger partial charge in [-0.2, -0.15) is 0 Å². The highest BCUT2D eigenvalue weighted by Crippen LogP contribution is 2.43. The predicted octanol–water partition coefficient (Wildman–Crippen LogP) is 4.33. The quantitative estimate of drug-likeness (QED) is 0.390. The topological polar surface area (TPSA) is 79.7 Å². The van der Waals surface area contributed by atoms with E-state index in [0.717, 1.165) is 11.1 Å². The highest BCUT2D eigenvalue weighted by molar-refractivity contribution is 6.51. The molecule has 0 radical (unpaired) electrons. The lowest BCUT2D eigenvalue weighted by atomic mass is 9.95. The lowest BCUT2D eigenvalue weighted by Crippen LogP contribution is -2.30. The number of carbonyl (C=O) groups is 2. The Morgan fingerprint density at radius 1 is 1.03 bits per heavy atom. The number of methoxy groups -OCH3 is 1. The number of aromatic nitrogens is 1. The molecule has 1 unspecified atom stereocenters. The molecule has 31 heavy (non-hydrogen) atoms. The van der Waals surface area contributed by atoms with Crippen LogP contribution in [-0.4, -0.2) is 28.9 Å². The van der Waals surface area contributed by atoms with Gasteiger partial charge < -0.3 is 9.84 Å². The Bertz CT molecular complexity index is 1200. The van der Waals surface area contributed by atoms with Crippen molar-refractivity contribution in [2.45, 2.75) is 19.9 Å². The van der Waals surface area contributed by atoms with E-state index in [4.69, 9.17) is 4.74 Å². The van der Waals surface area contributed by atoms with E-state index in [-0.39, 0.29) is 11.3 Å². The fourth-order valence-electron chi connectivity index (χ4n) is 3.94. The van der Waals surface area contributed by atoms with Gasteiger partial charge >= 0.3 is 0 Å². The Kier molecular flexibility index (Phi) is 5.29. The Morgan fingerprint density at radius 3 is 2.45 bits per heavy atom. The average Bonchev–Trinajstić information content (AvgIpc) is 3.04. The fourth-order valence-corrected chi connectivity index (χ4v) is 3.94. The Balaban J connectivity index is 1.96. The Morgan fingerprint density at radius 2 is 1.77 bits per heavy atom. The van der Waals surface area contributed by atoms with Crippen molar-refractivity contribution in [3.63, 3.8) is 0 Å². The van der Waals surface area contributed by atoms with E-state index in [9.17, 15) is 14.7 Å². The van der Waals surface area contributed by atoms with Crippen LogP contribution in [0.4, 0.5) is 5.69 Å². The maximum Gasteiger partial charge on any atom is 0.300 e. The summed E-state index contributed by atoms with van der Waals surface area (Å²) in [6.07, 6.45) is 3.20. The third kappa shape index (κ3) is 3.57. The van der Waals surface area contributed by atoms with Crippen LogP contribution in [0.2, 0.25) is 0 Å². The molecule has 1 N–H and O–H groups in total. The van der Waals surface area contributed by atoms with Crippen molar-refractivity contribution in [1.82, 2.24) is 4.98 Å². The molecule has 0 bridgehead atoms. The van der Waals surface area contributed by atoms with E-state index in [2.05, 4.69) is 4.98 Å². The van der Waals surface area contributed by atoms with Gasteiger partial charge in [-0.3, -0.25) is 19.5 Å². The Hall–Kier alpha value is -3.93. The van der Waals surface area contributed by atoms with Gasteiger partial charge in [0.25, 0.3) is 11.7 Å². The number of rotatable bonds is 4. The summed E-state index contributed by atoms with van der Waals surface area (Å²) in [6.45, 7) is 3.86. The Labute approximate surface area is 180 Å². The molecule has 4 rings (SSSR count). The zero-order chi connectivity index (χ0) is 22.1. The summed E-state index contributed by atoms with van der Waals surface area (Å²) in [4.78, 5) is 31.9. The van der Waals surface area contributed by atoms with Gasteiger partial charge in [0.05, 0.1) is 18.7 Å². The molecule has 3 aromatic rings. The van der Waals surface area contributed by atoms with Crippen LogP contribution in [0, 0.1) is 13.8 Å². The number of ketones is 1. The van der Waals surface area contributed by atoms with Crippen molar-refractivity contribution in [3.8, 4) is 5.75 Å². The zero-order valence-electron chi connectivity index (χ0n) is 17.5. The van der Waals surface area contributed by atoms with Gasteiger partial charge in [0.2, 0.25) is 0 Å². The molecule has 0 aliphatic carbocycles. The first-order valence-corrected chi connectivity index (χ1v) is 9.85. The van der Waals surface area contributed by atoms with Crippen LogP contribution < -0.4 is 9.64 Å². The standard InChI is InChI=1S/C25H22N2O4/c1-15-7-8-20(16(2)13-15)27-22(17-9-11-26-12-10-17)21(24(29)25(27)30)23(28)18-5-4-6-19(14-18)31-3/h4-14,22,28H,1-3H3/b23-21+. The number of aliphatic hydroxyl groups is 1. The van der Waals surface area contributed by atoms with Gasteiger partial charge in [0.1, 0.15) is 11.5 Å². The van der Waals surface area contributed by atoms with Gasteiger partial charge in [-0.25, -0.2) is 0 Å². The first-order chi connectivity index (χ1) is 14.9. The molecular formula is C25H22N2O4.